The zero-order valence-electron chi connectivity index (χ0n) is 19.7. The predicted molar refractivity (Wildman–Crippen MR) is 137 cm³/mol. The molecular weight excluding hydrogens is 430 g/mol. The number of benzene rings is 1. The lowest BCUT2D eigenvalue weighted by Gasteiger charge is -2.28. The van der Waals surface area contributed by atoms with Gasteiger partial charge in [0.2, 0.25) is 5.91 Å². The van der Waals surface area contributed by atoms with Crippen molar-refractivity contribution in [3.63, 3.8) is 0 Å². The zero-order valence-corrected chi connectivity index (χ0v) is 20.6. The summed E-state index contributed by atoms with van der Waals surface area (Å²) < 4.78 is 2.21. The molecule has 1 amide bonds. The Morgan fingerprint density at radius 3 is 2.55 bits per heavy atom. The fourth-order valence-electron chi connectivity index (χ4n) is 4.11. The zero-order chi connectivity index (χ0) is 23.7. The average Bonchev–Trinajstić information content (AvgIpc) is 3.40. The van der Waals surface area contributed by atoms with Gasteiger partial charge in [0.1, 0.15) is 0 Å². The number of hydrogen-bond donors (Lipinski definition) is 2. The van der Waals surface area contributed by atoms with Crippen LogP contribution < -0.4 is 15.5 Å². The summed E-state index contributed by atoms with van der Waals surface area (Å²) in [7, 11) is 0. The van der Waals surface area contributed by atoms with Gasteiger partial charge in [-0.05, 0) is 80.5 Å². The van der Waals surface area contributed by atoms with Gasteiger partial charge in [0.25, 0.3) is 0 Å². The number of thiocarbonyl (C=S) groups is 1. The van der Waals surface area contributed by atoms with E-state index in [4.69, 9.17) is 12.2 Å². The molecule has 4 rings (SSSR count). The van der Waals surface area contributed by atoms with E-state index in [9.17, 15) is 4.79 Å². The minimum Gasteiger partial charge on any atom is -0.351 e. The van der Waals surface area contributed by atoms with Crippen LogP contribution >= 0.6 is 12.2 Å². The second-order valence-corrected chi connectivity index (χ2v) is 9.51. The predicted octanol–water partition coefficient (Wildman–Crippen LogP) is 5.54. The topological polar surface area (TPSA) is 62.2 Å². The Balaban J connectivity index is 1.74. The van der Waals surface area contributed by atoms with Crippen LogP contribution in [0.3, 0.4) is 0 Å². The van der Waals surface area contributed by atoms with Crippen LogP contribution in [0.25, 0.3) is 0 Å². The number of nitrogens with zero attached hydrogens (tertiary/aromatic N) is 3. The smallest absolute Gasteiger partial charge is 0.226 e. The lowest BCUT2D eigenvalue weighted by Crippen LogP contribution is -2.29. The molecule has 6 nitrogen and oxygen atoms in total. The van der Waals surface area contributed by atoms with Crippen LogP contribution in [0.15, 0.2) is 61.1 Å². The molecule has 7 heteroatoms. The van der Waals surface area contributed by atoms with Crippen molar-refractivity contribution in [2.24, 2.45) is 5.92 Å². The molecular formula is C26H31N5OS. The van der Waals surface area contributed by atoms with Crippen molar-refractivity contribution < 1.29 is 4.79 Å². The van der Waals surface area contributed by atoms with Gasteiger partial charge in [-0.25, -0.2) is 0 Å². The number of pyridine rings is 1. The largest absolute Gasteiger partial charge is 0.351 e. The first-order valence-electron chi connectivity index (χ1n) is 11.4. The molecule has 0 unspecified atom stereocenters. The number of anilines is 2. The molecule has 1 aliphatic rings. The molecule has 3 aromatic rings. The Hall–Kier alpha value is -3.19. The molecule has 33 heavy (non-hydrogen) atoms. The van der Waals surface area contributed by atoms with E-state index in [1.54, 1.807) is 0 Å². The van der Waals surface area contributed by atoms with Gasteiger partial charge in [0.15, 0.2) is 5.11 Å². The number of rotatable bonds is 6. The second kappa shape index (κ2) is 9.35. The van der Waals surface area contributed by atoms with Gasteiger partial charge in [-0.3, -0.25) is 9.78 Å². The van der Waals surface area contributed by atoms with Gasteiger partial charge in [0, 0.05) is 41.9 Å². The van der Waals surface area contributed by atoms with Gasteiger partial charge in [-0.1, -0.05) is 19.9 Å². The van der Waals surface area contributed by atoms with Crippen LogP contribution in [0.5, 0.6) is 0 Å². The molecule has 0 bridgehead atoms. The van der Waals surface area contributed by atoms with Gasteiger partial charge >= 0.3 is 0 Å². The van der Waals surface area contributed by atoms with E-state index >= 15 is 0 Å². The van der Waals surface area contributed by atoms with Crippen LogP contribution in [0, 0.1) is 12.8 Å². The van der Waals surface area contributed by atoms with Crippen molar-refractivity contribution in [1.29, 1.82) is 0 Å². The highest BCUT2D eigenvalue weighted by molar-refractivity contribution is 7.80. The third kappa shape index (κ3) is 4.64. The Morgan fingerprint density at radius 2 is 1.94 bits per heavy atom. The number of carbonyl (C=O) groups is 1. The molecule has 1 aromatic carbocycles. The average molecular weight is 462 g/mol. The minimum absolute atomic E-state index is 0.00678. The first kappa shape index (κ1) is 23.0. The fourth-order valence-corrected chi connectivity index (χ4v) is 4.46. The maximum absolute atomic E-state index is 12.2. The third-order valence-electron chi connectivity index (χ3n) is 6.04. The van der Waals surface area contributed by atoms with Crippen molar-refractivity contribution in [3.8, 4) is 0 Å². The van der Waals surface area contributed by atoms with Crippen LogP contribution in [0.1, 0.15) is 62.6 Å². The van der Waals surface area contributed by atoms with E-state index < -0.39 is 0 Å². The molecule has 0 saturated carbocycles. The summed E-state index contributed by atoms with van der Waals surface area (Å²) in [5.74, 6) is -0.0692. The molecule has 0 spiro atoms. The molecule has 1 fully saturated rings. The summed E-state index contributed by atoms with van der Waals surface area (Å²) in [5.41, 5.74) is 4.90. The molecule has 3 heterocycles. The van der Waals surface area contributed by atoms with Gasteiger partial charge in [-0.15, -0.1) is 0 Å². The fraction of sp³-hybridized carbons (Fsp3) is 0.346. The molecule has 2 N–H and O–H groups in total. The lowest BCUT2D eigenvalue weighted by molar-refractivity contribution is -0.118. The SMILES string of the molecule is Cc1cc(N2C(=S)N[C@H](c3ccccn3)[C@@H]2c2ccn(C(C)C)c2)ccc1NC(=O)C(C)C. The van der Waals surface area contributed by atoms with E-state index in [1.165, 1.54) is 5.56 Å². The Kier molecular flexibility index (Phi) is 6.51. The summed E-state index contributed by atoms with van der Waals surface area (Å²) in [6.07, 6.45) is 6.12. The van der Waals surface area contributed by atoms with Crippen LogP contribution in [0.2, 0.25) is 0 Å². The van der Waals surface area contributed by atoms with Gasteiger partial charge < -0.3 is 20.1 Å². The summed E-state index contributed by atoms with van der Waals surface area (Å²) >= 11 is 5.83. The van der Waals surface area contributed by atoms with E-state index in [0.717, 1.165) is 22.6 Å². The number of amides is 1. The summed E-state index contributed by atoms with van der Waals surface area (Å²) in [6, 6.07) is 14.4. The van der Waals surface area contributed by atoms with Crippen LogP contribution in [-0.2, 0) is 4.79 Å². The highest BCUT2D eigenvalue weighted by Crippen LogP contribution is 2.42. The van der Waals surface area contributed by atoms with Gasteiger partial charge in [-0.2, -0.15) is 0 Å². The number of aryl methyl sites for hydroxylation is 1. The van der Waals surface area contributed by atoms with Crippen molar-refractivity contribution >= 4 is 34.6 Å². The minimum atomic E-state index is -0.0812. The Labute approximate surface area is 201 Å². The Morgan fingerprint density at radius 1 is 1.15 bits per heavy atom. The summed E-state index contributed by atoms with van der Waals surface area (Å²) in [4.78, 5) is 19.0. The monoisotopic (exact) mass is 461 g/mol. The van der Waals surface area contributed by atoms with Crippen LogP contribution in [-0.4, -0.2) is 20.6 Å². The van der Waals surface area contributed by atoms with Gasteiger partial charge in [0.05, 0.1) is 17.8 Å². The van der Waals surface area contributed by atoms with Crippen molar-refractivity contribution in [2.75, 3.05) is 10.2 Å². The van der Waals surface area contributed by atoms with E-state index in [0.29, 0.717) is 11.2 Å². The quantitative estimate of drug-likeness (QED) is 0.472. The maximum Gasteiger partial charge on any atom is 0.226 e. The van der Waals surface area contributed by atoms with Crippen molar-refractivity contribution in [3.05, 3.63) is 77.9 Å². The van der Waals surface area contributed by atoms with Crippen LogP contribution in [0.4, 0.5) is 11.4 Å². The lowest BCUT2D eigenvalue weighted by atomic mass is 9.98. The van der Waals surface area contributed by atoms with Crippen molar-refractivity contribution in [2.45, 2.75) is 52.7 Å². The highest BCUT2D eigenvalue weighted by atomic mass is 32.1. The Bertz CT molecular complexity index is 1150. The number of nitrogens with one attached hydrogen (secondary N) is 2. The molecule has 2 atom stereocenters. The molecule has 2 aromatic heterocycles. The normalized spacial score (nSPS) is 18.2. The number of aromatic nitrogens is 2. The molecule has 0 radical (unpaired) electrons. The first-order valence-corrected chi connectivity index (χ1v) is 11.8. The van der Waals surface area contributed by atoms with E-state index in [1.807, 2.05) is 57.3 Å². The summed E-state index contributed by atoms with van der Waals surface area (Å²) in [6.45, 7) is 10.1. The van der Waals surface area contributed by atoms with E-state index in [2.05, 4.69) is 63.5 Å². The van der Waals surface area contributed by atoms with E-state index in [-0.39, 0.29) is 23.9 Å². The second-order valence-electron chi connectivity index (χ2n) is 9.13. The highest BCUT2D eigenvalue weighted by Gasteiger charge is 2.41. The molecule has 172 valence electrons. The first-order chi connectivity index (χ1) is 15.8. The summed E-state index contributed by atoms with van der Waals surface area (Å²) in [5, 5.41) is 7.17. The van der Waals surface area contributed by atoms with Crippen molar-refractivity contribution in [1.82, 2.24) is 14.9 Å². The molecule has 1 aliphatic heterocycles. The number of carbonyl (C=O) groups excluding carboxylic acids is 1. The molecule has 0 aliphatic carbocycles. The molecule has 1 saturated heterocycles. The maximum atomic E-state index is 12.2. The number of hydrogen-bond acceptors (Lipinski definition) is 3. The standard InChI is InChI=1S/C26H31N5OS/c1-16(2)25(32)28-21-10-9-20(14-18(21)5)31-24(19-11-13-30(15-19)17(3)4)23(29-26(31)33)22-8-6-7-12-27-22/h6-17,23-24H,1-5H3,(H,28,32)(H,29,33)/t23-,24+/m1/s1. The third-order valence-corrected chi connectivity index (χ3v) is 6.36.